The van der Waals surface area contributed by atoms with Gasteiger partial charge in [0.15, 0.2) is 0 Å². The van der Waals surface area contributed by atoms with Crippen LogP contribution >= 0.6 is 0 Å². The monoisotopic (exact) mass is 258 g/mol. The Kier molecular flexibility index (Phi) is 9.70. The first-order chi connectivity index (χ1) is 8.43. The lowest BCUT2D eigenvalue weighted by atomic mass is 9.95. The molecule has 18 heavy (non-hydrogen) atoms. The first-order valence-electron chi connectivity index (χ1n) is 7.50. The van der Waals surface area contributed by atoms with Crippen molar-refractivity contribution >= 4 is 0 Å². The molecule has 0 fully saturated rings. The van der Waals surface area contributed by atoms with Crippen molar-refractivity contribution in [3.05, 3.63) is 0 Å². The highest BCUT2D eigenvalue weighted by atomic mass is 16.3. The lowest BCUT2D eigenvalue weighted by Gasteiger charge is -2.32. The number of aliphatic hydroxyl groups is 1. The predicted octanol–water partition coefficient (Wildman–Crippen LogP) is 2.64. The second-order valence-corrected chi connectivity index (χ2v) is 6.13. The van der Waals surface area contributed by atoms with Gasteiger partial charge in [-0.15, -0.1) is 0 Å². The fourth-order valence-electron chi connectivity index (χ4n) is 2.38. The standard InChI is InChI=1S/C15H34N2O/c1-6-7-8-11-17(5)12-9-10-15(4,13-18)16-14(2)3/h14,16,18H,6-13H2,1-5H3. The van der Waals surface area contributed by atoms with Crippen LogP contribution in [0.1, 0.15) is 59.8 Å². The Hall–Kier alpha value is -0.120. The maximum atomic E-state index is 9.50. The molecule has 3 heteroatoms. The van der Waals surface area contributed by atoms with Crippen molar-refractivity contribution in [3.63, 3.8) is 0 Å². The Morgan fingerprint density at radius 3 is 2.28 bits per heavy atom. The average Bonchev–Trinajstić information content (AvgIpc) is 2.28. The highest BCUT2D eigenvalue weighted by molar-refractivity contribution is 4.84. The number of hydrogen-bond donors (Lipinski definition) is 2. The minimum atomic E-state index is -0.127. The smallest absolute Gasteiger partial charge is 0.0610 e. The maximum absolute atomic E-state index is 9.50. The van der Waals surface area contributed by atoms with E-state index in [2.05, 4.69) is 45.0 Å². The Morgan fingerprint density at radius 2 is 1.78 bits per heavy atom. The molecule has 0 aromatic heterocycles. The van der Waals surface area contributed by atoms with Gasteiger partial charge in [0.25, 0.3) is 0 Å². The molecule has 0 rings (SSSR count). The molecule has 0 aliphatic carbocycles. The third kappa shape index (κ3) is 8.90. The van der Waals surface area contributed by atoms with Crippen LogP contribution in [0, 0.1) is 0 Å². The molecule has 0 saturated heterocycles. The number of aliphatic hydroxyl groups excluding tert-OH is 1. The Morgan fingerprint density at radius 1 is 1.17 bits per heavy atom. The maximum Gasteiger partial charge on any atom is 0.0610 e. The third-order valence-electron chi connectivity index (χ3n) is 3.40. The Balaban J connectivity index is 3.78. The molecule has 3 nitrogen and oxygen atoms in total. The number of nitrogens with zero attached hydrogens (tertiary/aromatic N) is 1. The fourth-order valence-corrected chi connectivity index (χ4v) is 2.38. The summed E-state index contributed by atoms with van der Waals surface area (Å²) in [5.41, 5.74) is -0.127. The summed E-state index contributed by atoms with van der Waals surface area (Å²) in [7, 11) is 2.20. The zero-order valence-corrected chi connectivity index (χ0v) is 13.1. The molecular weight excluding hydrogens is 224 g/mol. The van der Waals surface area contributed by atoms with Gasteiger partial charge in [0, 0.05) is 11.6 Å². The second kappa shape index (κ2) is 9.76. The molecule has 0 bridgehead atoms. The van der Waals surface area contributed by atoms with Crippen LogP contribution in [0.4, 0.5) is 0 Å². The highest BCUT2D eigenvalue weighted by Gasteiger charge is 2.23. The van der Waals surface area contributed by atoms with Crippen molar-refractivity contribution in [3.8, 4) is 0 Å². The fraction of sp³-hybridized carbons (Fsp3) is 1.00. The zero-order valence-electron chi connectivity index (χ0n) is 13.1. The summed E-state index contributed by atoms with van der Waals surface area (Å²) in [5, 5.41) is 13.0. The van der Waals surface area contributed by atoms with Crippen LogP contribution in [0.3, 0.4) is 0 Å². The van der Waals surface area contributed by atoms with E-state index in [0.29, 0.717) is 6.04 Å². The van der Waals surface area contributed by atoms with Crippen molar-refractivity contribution in [2.45, 2.75) is 71.4 Å². The van der Waals surface area contributed by atoms with Gasteiger partial charge >= 0.3 is 0 Å². The molecule has 0 heterocycles. The lowest BCUT2D eigenvalue weighted by Crippen LogP contribution is -2.49. The van der Waals surface area contributed by atoms with Gasteiger partial charge < -0.3 is 15.3 Å². The quantitative estimate of drug-likeness (QED) is 0.559. The molecule has 1 unspecified atom stereocenters. The van der Waals surface area contributed by atoms with E-state index in [0.717, 1.165) is 19.4 Å². The molecule has 0 spiro atoms. The van der Waals surface area contributed by atoms with E-state index in [4.69, 9.17) is 0 Å². The van der Waals surface area contributed by atoms with Crippen molar-refractivity contribution in [1.82, 2.24) is 10.2 Å². The summed E-state index contributed by atoms with van der Waals surface area (Å²) < 4.78 is 0. The van der Waals surface area contributed by atoms with E-state index >= 15 is 0 Å². The third-order valence-corrected chi connectivity index (χ3v) is 3.40. The first-order valence-corrected chi connectivity index (χ1v) is 7.50. The van der Waals surface area contributed by atoms with Gasteiger partial charge in [-0.2, -0.15) is 0 Å². The molecule has 0 aromatic carbocycles. The Labute approximate surface area is 114 Å². The SMILES string of the molecule is CCCCCN(C)CCCC(C)(CO)NC(C)C. The van der Waals surface area contributed by atoms with Gasteiger partial charge in [0.1, 0.15) is 0 Å². The van der Waals surface area contributed by atoms with Crippen molar-refractivity contribution in [2.75, 3.05) is 26.7 Å². The molecule has 110 valence electrons. The zero-order chi connectivity index (χ0) is 14.0. The van der Waals surface area contributed by atoms with Crippen LogP contribution < -0.4 is 5.32 Å². The van der Waals surface area contributed by atoms with E-state index in [1.165, 1.54) is 25.8 Å². The number of hydrogen-bond acceptors (Lipinski definition) is 3. The van der Waals surface area contributed by atoms with Crippen LogP contribution in [0.15, 0.2) is 0 Å². The van der Waals surface area contributed by atoms with E-state index < -0.39 is 0 Å². The summed E-state index contributed by atoms with van der Waals surface area (Å²) >= 11 is 0. The van der Waals surface area contributed by atoms with Crippen LogP contribution in [0.25, 0.3) is 0 Å². The van der Waals surface area contributed by atoms with E-state index in [-0.39, 0.29) is 12.1 Å². The molecule has 1 atom stereocenters. The summed E-state index contributed by atoms with van der Waals surface area (Å²) in [4.78, 5) is 2.41. The minimum Gasteiger partial charge on any atom is -0.394 e. The summed E-state index contributed by atoms with van der Waals surface area (Å²) in [6.07, 6.45) is 6.08. The molecule has 0 aliphatic heterocycles. The van der Waals surface area contributed by atoms with Gasteiger partial charge in [0.2, 0.25) is 0 Å². The molecule has 0 aliphatic rings. The van der Waals surface area contributed by atoms with Gasteiger partial charge in [-0.3, -0.25) is 0 Å². The number of rotatable bonds is 11. The van der Waals surface area contributed by atoms with Gasteiger partial charge in [-0.1, -0.05) is 33.6 Å². The van der Waals surface area contributed by atoms with Gasteiger partial charge in [-0.05, 0) is 46.3 Å². The Bertz CT molecular complexity index is 197. The minimum absolute atomic E-state index is 0.127. The van der Waals surface area contributed by atoms with Crippen LogP contribution in [0.5, 0.6) is 0 Å². The van der Waals surface area contributed by atoms with Gasteiger partial charge in [-0.25, -0.2) is 0 Å². The largest absolute Gasteiger partial charge is 0.394 e. The van der Waals surface area contributed by atoms with E-state index in [1.807, 2.05) is 0 Å². The molecule has 0 aromatic rings. The molecule has 0 amide bonds. The second-order valence-electron chi connectivity index (χ2n) is 6.13. The predicted molar refractivity (Wildman–Crippen MR) is 80.0 cm³/mol. The van der Waals surface area contributed by atoms with Gasteiger partial charge in [0.05, 0.1) is 6.61 Å². The van der Waals surface area contributed by atoms with Crippen LogP contribution in [-0.4, -0.2) is 48.3 Å². The molecule has 0 radical (unpaired) electrons. The van der Waals surface area contributed by atoms with Crippen LogP contribution in [0.2, 0.25) is 0 Å². The lowest BCUT2D eigenvalue weighted by molar-refractivity contribution is 0.150. The van der Waals surface area contributed by atoms with Crippen LogP contribution in [-0.2, 0) is 0 Å². The highest BCUT2D eigenvalue weighted by Crippen LogP contribution is 2.13. The topological polar surface area (TPSA) is 35.5 Å². The van der Waals surface area contributed by atoms with Crippen molar-refractivity contribution in [2.24, 2.45) is 0 Å². The van der Waals surface area contributed by atoms with Crippen molar-refractivity contribution < 1.29 is 5.11 Å². The average molecular weight is 258 g/mol. The molecule has 2 N–H and O–H groups in total. The molecular formula is C15H34N2O. The summed E-state index contributed by atoms with van der Waals surface area (Å²) in [5.74, 6) is 0. The number of unbranched alkanes of at least 4 members (excludes halogenated alkanes) is 2. The number of nitrogens with one attached hydrogen (secondary N) is 1. The summed E-state index contributed by atoms with van der Waals surface area (Å²) in [6.45, 7) is 11.1. The summed E-state index contributed by atoms with van der Waals surface area (Å²) in [6, 6.07) is 0.421. The molecule has 0 saturated carbocycles. The van der Waals surface area contributed by atoms with Crippen molar-refractivity contribution in [1.29, 1.82) is 0 Å². The van der Waals surface area contributed by atoms with E-state index in [1.54, 1.807) is 0 Å². The van der Waals surface area contributed by atoms with E-state index in [9.17, 15) is 5.11 Å². The first kappa shape index (κ1) is 17.9. The normalized spacial score (nSPS) is 15.3.